The van der Waals surface area contributed by atoms with Gasteiger partial charge in [-0.05, 0) is 37.8 Å². The number of carbonyl (C=O) groups excluding carboxylic acids is 1. The van der Waals surface area contributed by atoms with Gasteiger partial charge in [0.05, 0.1) is 4.90 Å². The number of benzene rings is 1. The van der Waals surface area contributed by atoms with Gasteiger partial charge in [-0.3, -0.25) is 13.8 Å². The summed E-state index contributed by atoms with van der Waals surface area (Å²) in [5, 5.41) is 9.34. The number of carboxylic acids is 1. The zero-order chi connectivity index (χ0) is 18.9. The molecule has 1 rings (SSSR count). The highest BCUT2D eigenvalue weighted by atomic mass is 32.2. The maximum absolute atomic E-state index is 12.6. The molecule has 134 valence electrons. The molecule has 0 saturated heterocycles. The predicted molar refractivity (Wildman–Crippen MR) is 89.2 cm³/mol. The standard InChI is InChI=1S/C17H24O6S/c1-10-7-8-13(11(2)9-10)24(21,22)23-15(17(4,5)6)14(12(3)18)16(19)20/h7-9,14-15H,1-6H3,(H,19,20). The van der Waals surface area contributed by atoms with E-state index >= 15 is 0 Å². The van der Waals surface area contributed by atoms with E-state index < -0.39 is 39.3 Å². The van der Waals surface area contributed by atoms with Crippen molar-refractivity contribution in [2.45, 2.75) is 52.5 Å². The summed E-state index contributed by atoms with van der Waals surface area (Å²) in [4.78, 5) is 23.2. The van der Waals surface area contributed by atoms with Gasteiger partial charge in [-0.1, -0.05) is 38.5 Å². The van der Waals surface area contributed by atoms with Crippen LogP contribution in [-0.4, -0.2) is 31.4 Å². The molecule has 0 radical (unpaired) electrons. The van der Waals surface area contributed by atoms with Crippen LogP contribution in [0.1, 0.15) is 38.8 Å². The van der Waals surface area contributed by atoms with Gasteiger partial charge in [0.2, 0.25) is 0 Å². The average Bonchev–Trinajstić information content (AvgIpc) is 2.34. The number of carbonyl (C=O) groups is 2. The Kier molecular flexibility index (Phi) is 5.95. The Labute approximate surface area is 143 Å². The fourth-order valence-electron chi connectivity index (χ4n) is 2.48. The molecule has 1 aromatic rings. The molecule has 0 aromatic heterocycles. The molecule has 1 N–H and O–H groups in total. The van der Waals surface area contributed by atoms with E-state index in [-0.39, 0.29) is 4.90 Å². The first kappa shape index (κ1) is 20.3. The molecule has 0 saturated carbocycles. The van der Waals surface area contributed by atoms with E-state index in [1.807, 2.05) is 6.92 Å². The third-order valence-corrected chi connectivity index (χ3v) is 5.15. The van der Waals surface area contributed by atoms with Gasteiger partial charge in [0, 0.05) is 0 Å². The Morgan fingerprint density at radius 1 is 1.17 bits per heavy atom. The summed E-state index contributed by atoms with van der Waals surface area (Å²) in [5.74, 6) is -3.62. The molecule has 24 heavy (non-hydrogen) atoms. The number of ketones is 1. The number of carboxylic acid groups (broad SMARTS) is 1. The smallest absolute Gasteiger partial charge is 0.316 e. The number of hydrogen-bond acceptors (Lipinski definition) is 5. The van der Waals surface area contributed by atoms with E-state index in [0.29, 0.717) is 5.56 Å². The summed E-state index contributed by atoms with van der Waals surface area (Å²) >= 11 is 0. The Morgan fingerprint density at radius 3 is 2.08 bits per heavy atom. The summed E-state index contributed by atoms with van der Waals surface area (Å²) in [6.45, 7) is 9.48. The molecule has 0 aliphatic rings. The molecule has 0 amide bonds. The maximum atomic E-state index is 12.6. The maximum Gasteiger partial charge on any atom is 0.316 e. The topological polar surface area (TPSA) is 97.7 Å². The fraction of sp³-hybridized carbons (Fsp3) is 0.529. The number of aryl methyl sites for hydroxylation is 2. The second-order valence-electron chi connectivity index (χ2n) is 7.03. The van der Waals surface area contributed by atoms with Gasteiger partial charge in [-0.25, -0.2) is 0 Å². The highest BCUT2D eigenvalue weighted by Crippen LogP contribution is 2.33. The molecular weight excluding hydrogens is 332 g/mol. The van der Waals surface area contributed by atoms with Gasteiger partial charge >= 0.3 is 5.97 Å². The van der Waals surface area contributed by atoms with Crippen LogP contribution in [0, 0.1) is 25.2 Å². The minimum Gasteiger partial charge on any atom is -0.481 e. The molecule has 0 spiro atoms. The van der Waals surface area contributed by atoms with Crippen LogP contribution in [0.3, 0.4) is 0 Å². The van der Waals surface area contributed by atoms with Gasteiger partial charge in [0.15, 0.2) is 0 Å². The first-order valence-electron chi connectivity index (χ1n) is 7.51. The van der Waals surface area contributed by atoms with E-state index in [0.717, 1.165) is 12.5 Å². The number of aliphatic carboxylic acids is 1. The fourth-order valence-corrected chi connectivity index (χ4v) is 3.95. The normalized spacial score (nSPS) is 14.9. The van der Waals surface area contributed by atoms with E-state index in [4.69, 9.17) is 4.18 Å². The minimum absolute atomic E-state index is 0.0324. The van der Waals surface area contributed by atoms with Crippen molar-refractivity contribution in [2.75, 3.05) is 0 Å². The molecule has 0 heterocycles. The van der Waals surface area contributed by atoms with Crippen LogP contribution in [-0.2, 0) is 23.9 Å². The quantitative estimate of drug-likeness (QED) is 0.622. The molecule has 7 heteroatoms. The van der Waals surface area contributed by atoms with Crippen LogP contribution in [0.25, 0.3) is 0 Å². The predicted octanol–water partition coefficient (Wildman–Crippen LogP) is 2.71. The van der Waals surface area contributed by atoms with Crippen molar-refractivity contribution in [1.29, 1.82) is 0 Å². The molecule has 0 aliphatic heterocycles. The summed E-state index contributed by atoms with van der Waals surface area (Å²) in [6.07, 6.45) is -1.32. The summed E-state index contributed by atoms with van der Waals surface area (Å²) in [5.41, 5.74) is 0.517. The number of rotatable bonds is 6. The zero-order valence-electron chi connectivity index (χ0n) is 14.8. The van der Waals surface area contributed by atoms with Crippen molar-refractivity contribution < 1.29 is 27.3 Å². The van der Waals surface area contributed by atoms with Gasteiger partial charge in [0.25, 0.3) is 10.1 Å². The molecule has 2 atom stereocenters. The Balaban J connectivity index is 3.37. The minimum atomic E-state index is -4.22. The number of Topliss-reactive ketones (excluding diaryl/α,β-unsaturated/α-hetero) is 1. The van der Waals surface area contributed by atoms with Crippen molar-refractivity contribution in [2.24, 2.45) is 11.3 Å². The largest absolute Gasteiger partial charge is 0.481 e. The first-order chi connectivity index (χ1) is 10.8. The van der Waals surface area contributed by atoms with Crippen LogP contribution in [0.5, 0.6) is 0 Å². The van der Waals surface area contributed by atoms with E-state index in [9.17, 15) is 23.1 Å². The van der Waals surface area contributed by atoms with E-state index in [1.54, 1.807) is 39.8 Å². The van der Waals surface area contributed by atoms with Gasteiger partial charge < -0.3 is 5.11 Å². The van der Waals surface area contributed by atoms with Crippen molar-refractivity contribution in [1.82, 2.24) is 0 Å². The lowest BCUT2D eigenvalue weighted by Gasteiger charge is -2.33. The van der Waals surface area contributed by atoms with Crippen LogP contribution in [0.2, 0.25) is 0 Å². The molecular formula is C17H24O6S. The Bertz CT molecular complexity index is 729. The van der Waals surface area contributed by atoms with Crippen LogP contribution >= 0.6 is 0 Å². The molecule has 0 bridgehead atoms. The lowest BCUT2D eigenvalue weighted by Crippen LogP contribution is -2.45. The van der Waals surface area contributed by atoms with Crippen molar-refractivity contribution in [3.05, 3.63) is 29.3 Å². The molecule has 2 unspecified atom stereocenters. The van der Waals surface area contributed by atoms with Gasteiger partial charge in [-0.2, -0.15) is 8.42 Å². The summed E-state index contributed by atoms with van der Waals surface area (Å²) in [7, 11) is -4.22. The third-order valence-electron chi connectivity index (χ3n) is 3.69. The first-order valence-corrected chi connectivity index (χ1v) is 8.92. The van der Waals surface area contributed by atoms with Crippen molar-refractivity contribution in [3.63, 3.8) is 0 Å². The summed E-state index contributed by atoms with van der Waals surface area (Å²) in [6, 6.07) is 4.75. The Hall–Kier alpha value is -1.73. The number of hydrogen-bond donors (Lipinski definition) is 1. The molecule has 6 nitrogen and oxygen atoms in total. The zero-order valence-corrected chi connectivity index (χ0v) is 15.6. The van der Waals surface area contributed by atoms with Crippen molar-refractivity contribution in [3.8, 4) is 0 Å². The van der Waals surface area contributed by atoms with Gasteiger partial charge in [-0.15, -0.1) is 0 Å². The van der Waals surface area contributed by atoms with Crippen LogP contribution in [0.15, 0.2) is 23.1 Å². The average molecular weight is 356 g/mol. The van der Waals surface area contributed by atoms with Crippen molar-refractivity contribution >= 4 is 21.9 Å². The summed E-state index contributed by atoms with van der Waals surface area (Å²) < 4.78 is 30.6. The monoisotopic (exact) mass is 356 g/mol. The van der Waals surface area contributed by atoms with E-state index in [1.165, 1.54) is 6.07 Å². The lowest BCUT2D eigenvalue weighted by atomic mass is 9.80. The Morgan fingerprint density at radius 2 is 1.71 bits per heavy atom. The molecule has 0 aliphatic carbocycles. The molecule has 0 fully saturated rings. The van der Waals surface area contributed by atoms with Gasteiger partial charge in [0.1, 0.15) is 17.8 Å². The van der Waals surface area contributed by atoms with E-state index in [2.05, 4.69) is 0 Å². The molecule has 1 aromatic carbocycles. The SMILES string of the molecule is CC(=O)C(C(=O)O)C(OS(=O)(=O)c1ccc(C)cc1C)C(C)(C)C. The highest BCUT2D eigenvalue weighted by Gasteiger charge is 2.43. The highest BCUT2D eigenvalue weighted by molar-refractivity contribution is 7.86. The third kappa shape index (κ3) is 4.64. The second kappa shape index (κ2) is 7.03. The van der Waals surface area contributed by atoms with Crippen LogP contribution < -0.4 is 0 Å². The second-order valence-corrected chi connectivity index (χ2v) is 8.57. The van der Waals surface area contributed by atoms with Crippen LogP contribution in [0.4, 0.5) is 0 Å². The lowest BCUT2D eigenvalue weighted by molar-refractivity contribution is -0.152.